The van der Waals surface area contributed by atoms with E-state index in [1.165, 1.54) is 6.42 Å². The van der Waals surface area contributed by atoms with Crippen LogP contribution in [0.15, 0.2) is 0 Å². The number of likely N-dealkylation sites (tertiary alicyclic amines) is 1. The monoisotopic (exact) mass is 246 g/mol. The molecule has 0 amide bonds. The summed E-state index contributed by atoms with van der Waals surface area (Å²) in [5.74, 6) is 1.66. The Morgan fingerprint density at radius 2 is 1.81 bits per heavy atom. The van der Waals surface area contributed by atoms with Gasteiger partial charge in [0.15, 0.2) is 0 Å². The van der Waals surface area contributed by atoms with Crippen LogP contribution in [-0.4, -0.2) is 51.0 Å². The summed E-state index contributed by atoms with van der Waals surface area (Å²) in [5, 5.41) is 0. The van der Waals surface area contributed by atoms with E-state index in [0.29, 0.717) is 23.3 Å². The highest BCUT2D eigenvalue weighted by Crippen LogP contribution is 2.28. The first-order valence-corrected chi connectivity index (χ1v) is 7.94. The first kappa shape index (κ1) is 12.3. The Kier molecular flexibility index (Phi) is 3.56. The van der Waals surface area contributed by atoms with Crippen LogP contribution in [0.1, 0.15) is 19.3 Å². The molecule has 0 spiro atoms. The lowest BCUT2D eigenvalue weighted by Crippen LogP contribution is -2.42. The maximum absolute atomic E-state index is 11.3. The van der Waals surface area contributed by atoms with Gasteiger partial charge < -0.3 is 10.6 Å². The van der Waals surface area contributed by atoms with Crippen molar-refractivity contribution in [3.63, 3.8) is 0 Å². The molecule has 0 saturated carbocycles. The second kappa shape index (κ2) is 4.63. The molecule has 2 aliphatic heterocycles. The van der Waals surface area contributed by atoms with Gasteiger partial charge in [-0.25, -0.2) is 8.42 Å². The van der Waals surface area contributed by atoms with Crippen LogP contribution in [0.3, 0.4) is 0 Å². The van der Waals surface area contributed by atoms with E-state index in [2.05, 4.69) is 11.9 Å². The van der Waals surface area contributed by atoms with E-state index in [1.54, 1.807) is 0 Å². The van der Waals surface area contributed by atoms with E-state index in [1.807, 2.05) is 0 Å². The molecule has 2 aliphatic rings. The van der Waals surface area contributed by atoms with Gasteiger partial charge in [0, 0.05) is 12.6 Å². The standard InChI is InChI=1S/C11H22N2O2S/c1-13-5-2-10(8-13)11(12)9-3-6-16(14,15)7-4-9/h9-11H,2-8,12H2,1H3. The van der Waals surface area contributed by atoms with Gasteiger partial charge in [0.2, 0.25) is 0 Å². The number of sulfone groups is 1. The number of nitrogens with two attached hydrogens (primary N) is 1. The summed E-state index contributed by atoms with van der Waals surface area (Å²) < 4.78 is 22.7. The quantitative estimate of drug-likeness (QED) is 0.750. The third-order valence-corrected chi connectivity index (χ3v) is 5.83. The minimum absolute atomic E-state index is 0.195. The lowest BCUT2D eigenvalue weighted by atomic mass is 9.85. The maximum atomic E-state index is 11.3. The van der Waals surface area contributed by atoms with Crippen molar-refractivity contribution in [1.29, 1.82) is 0 Å². The van der Waals surface area contributed by atoms with Crippen molar-refractivity contribution in [3.05, 3.63) is 0 Å². The maximum Gasteiger partial charge on any atom is 0.150 e. The first-order valence-electron chi connectivity index (χ1n) is 6.12. The molecule has 5 heteroatoms. The Labute approximate surface area is 98.1 Å². The third-order valence-electron chi connectivity index (χ3n) is 4.12. The fourth-order valence-corrected chi connectivity index (χ4v) is 4.49. The van der Waals surface area contributed by atoms with Gasteiger partial charge in [-0.15, -0.1) is 0 Å². The van der Waals surface area contributed by atoms with Crippen molar-refractivity contribution in [2.24, 2.45) is 17.6 Å². The number of nitrogens with zero attached hydrogens (tertiary/aromatic N) is 1. The highest BCUT2D eigenvalue weighted by Gasteiger charge is 2.34. The molecule has 2 rings (SSSR count). The zero-order valence-electron chi connectivity index (χ0n) is 9.93. The highest BCUT2D eigenvalue weighted by molar-refractivity contribution is 7.91. The second-order valence-corrected chi connectivity index (χ2v) is 7.68. The summed E-state index contributed by atoms with van der Waals surface area (Å²) >= 11 is 0. The molecule has 2 fully saturated rings. The van der Waals surface area contributed by atoms with E-state index in [4.69, 9.17) is 5.73 Å². The molecular weight excluding hydrogens is 224 g/mol. The molecule has 0 aromatic rings. The second-order valence-electron chi connectivity index (χ2n) is 5.38. The lowest BCUT2D eigenvalue weighted by molar-refractivity contribution is 0.284. The highest BCUT2D eigenvalue weighted by atomic mass is 32.2. The van der Waals surface area contributed by atoms with Crippen LogP contribution in [-0.2, 0) is 9.84 Å². The van der Waals surface area contributed by atoms with Crippen molar-refractivity contribution in [2.75, 3.05) is 31.6 Å². The summed E-state index contributed by atoms with van der Waals surface area (Å²) in [6.07, 6.45) is 2.70. The average molecular weight is 246 g/mol. The molecule has 0 radical (unpaired) electrons. The predicted octanol–water partition coefficient (Wildman–Crippen LogP) is 0.0902. The van der Waals surface area contributed by atoms with Gasteiger partial charge in [0.25, 0.3) is 0 Å². The molecule has 0 aromatic carbocycles. The zero-order valence-corrected chi connectivity index (χ0v) is 10.7. The van der Waals surface area contributed by atoms with Crippen LogP contribution in [0.4, 0.5) is 0 Å². The summed E-state index contributed by atoms with van der Waals surface area (Å²) in [7, 11) is -0.626. The van der Waals surface area contributed by atoms with Crippen molar-refractivity contribution >= 4 is 9.84 Å². The van der Waals surface area contributed by atoms with Crippen molar-refractivity contribution in [1.82, 2.24) is 4.90 Å². The molecule has 2 saturated heterocycles. The summed E-state index contributed by atoms with van der Waals surface area (Å²) in [4.78, 5) is 2.31. The topological polar surface area (TPSA) is 63.4 Å². The molecule has 2 unspecified atom stereocenters. The van der Waals surface area contributed by atoms with E-state index < -0.39 is 9.84 Å². The van der Waals surface area contributed by atoms with Crippen molar-refractivity contribution < 1.29 is 8.42 Å². The predicted molar refractivity (Wildman–Crippen MR) is 65.0 cm³/mol. The van der Waals surface area contributed by atoms with Crippen LogP contribution in [0, 0.1) is 11.8 Å². The van der Waals surface area contributed by atoms with E-state index in [9.17, 15) is 8.42 Å². The summed E-state index contributed by atoms with van der Waals surface area (Å²) in [6, 6.07) is 0.195. The van der Waals surface area contributed by atoms with Crippen LogP contribution >= 0.6 is 0 Å². The summed E-state index contributed by atoms with van der Waals surface area (Å²) in [6.45, 7) is 2.20. The zero-order chi connectivity index (χ0) is 11.8. The molecule has 2 heterocycles. The average Bonchev–Trinajstić information content (AvgIpc) is 2.64. The van der Waals surface area contributed by atoms with Crippen LogP contribution in [0.5, 0.6) is 0 Å². The summed E-state index contributed by atoms with van der Waals surface area (Å²) in [5.41, 5.74) is 6.28. The molecule has 2 atom stereocenters. The minimum Gasteiger partial charge on any atom is -0.327 e. The lowest BCUT2D eigenvalue weighted by Gasteiger charge is -2.31. The van der Waals surface area contributed by atoms with Gasteiger partial charge in [-0.2, -0.15) is 0 Å². The molecule has 94 valence electrons. The fourth-order valence-electron chi connectivity index (χ4n) is 2.96. The molecular formula is C11H22N2O2S. The Balaban J connectivity index is 1.89. The molecule has 0 bridgehead atoms. The van der Waals surface area contributed by atoms with Gasteiger partial charge >= 0.3 is 0 Å². The molecule has 4 nitrogen and oxygen atoms in total. The fraction of sp³-hybridized carbons (Fsp3) is 1.00. The Morgan fingerprint density at radius 1 is 1.19 bits per heavy atom. The van der Waals surface area contributed by atoms with Crippen molar-refractivity contribution in [2.45, 2.75) is 25.3 Å². The molecule has 16 heavy (non-hydrogen) atoms. The van der Waals surface area contributed by atoms with Crippen LogP contribution in [0.25, 0.3) is 0 Å². The Bertz CT molecular complexity index is 328. The number of hydrogen-bond acceptors (Lipinski definition) is 4. The molecule has 2 N–H and O–H groups in total. The van der Waals surface area contributed by atoms with Gasteiger partial charge in [-0.3, -0.25) is 0 Å². The number of hydrogen-bond donors (Lipinski definition) is 1. The first-order chi connectivity index (χ1) is 7.48. The van der Waals surface area contributed by atoms with Gasteiger partial charge in [-0.05, 0) is 44.7 Å². The SMILES string of the molecule is CN1CCC(C(N)C2CCS(=O)(=O)CC2)C1. The molecule has 0 aliphatic carbocycles. The van der Waals surface area contributed by atoms with Gasteiger partial charge in [0.1, 0.15) is 9.84 Å². The molecule has 0 aromatic heterocycles. The van der Waals surface area contributed by atoms with E-state index >= 15 is 0 Å². The Morgan fingerprint density at radius 3 is 2.31 bits per heavy atom. The van der Waals surface area contributed by atoms with Gasteiger partial charge in [0.05, 0.1) is 11.5 Å². The van der Waals surface area contributed by atoms with Crippen LogP contribution < -0.4 is 5.73 Å². The number of rotatable bonds is 2. The largest absolute Gasteiger partial charge is 0.327 e. The smallest absolute Gasteiger partial charge is 0.150 e. The van der Waals surface area contributed by atoms with E-state index in [0.717, 1.165) is 25.9 Å². The van der Waals surface area contributed by atoms with Gasteiger partial charge in [-0.1, -0.05) is 0 Å². The van der Waals surface area contributed by atoms with Crippen molar-refractivity contribution in [3.8, 4) is 0 Å². The third kappa shape index (κ3) is 2.76. The van der Waals surface area contributed by atoms with E-state index in [-0.39, 0.29) is 6.04 Å². The minimum atomic E-state index is -2.75. The normalized spacial score (nSPS) is 34.0. The Hall–Kier alpha value is -0.130. The van der Waals surface area contributed by atoms with Crippen LogP contribution in [0.2, 0.25) is 0 Å².